The number of benzene rings is 2. The molecule has 2 aliphatic heterocycles. The van der Waals surface area contributed by atoms with Crippen LogP contribution in [0.1, 0.15) is 23.7 Å². The van der Waals surface area contributed by atoms with E-state index in [0.717, 1.165) is 5.69 Å². The minimum absolute atomic E-state index is 0.0374. The maximum Gasteiger partial charge on any atom is 0.311 e. The van der Waals surface area contributed by atoms with Gasteiger partial charge in [-0.15, -0.1) is 0 Å². The molecule has 2 amide bonds. The van der Waals surface area contributed by atoms with Crippen molar-refractivity contribution in [2.75, 3.05) is 49.1 Å². The molecule has 2 aliphatic rings. The first-order valence-electron chi connectivity index (χ1n) is 10.8. The van der Waals surface area contributed by atoms with Crippen LogP contribution in [0.4, 0.5) is 11.4 Å². The molecular formula is C24H26ClN3O4. The third-order valence-corrected chi connectivity index (χ3v) is 6.22. The Labute approximate surface area is 192 Å². The lowest BCUT2D eigenvalue weighted by Crippen LogP contribution is -2.48. The lowest BCUT2D eigenvalue weighted by atomic mass is 10.1. The Morgan fingerprint density at radius 3 is 2.44 bits per heavy atom. The number of nitrogens with zero attached hydrogens (tertiary/aromatic N) is 3. The molecule has 2 heterocycles. The van der Waals surface area contributed by atoms with Crippen molar-refractivity contribution in [3.63, 3.8) is 0 Å². The third-order valence-electron chi connectivity index (χ3n) is 5.92. The first-order valence-corrected chi connectivity index (χ1v) is 11.2. The Balaban J connectivity index is 1.40. The number of anilines is 2. The monoisotopic (exact) mass is 455 g/mol. The van der Waals surface area contributed by atoms with Gasteiger partial charge in [-0.05, 0) is 37.3 Å². The highest BCUT2D eigenvalue weighted by Crippen LogP contribution is 2.34. The first kappa shape index (κ1) is 22.1. The summed E-state index contributed by atoms with van der Waals surface area (Å²) in [6.07, 6.45) is 0.148. The molecule has 2 saturated heterocycles. The predicted molar refractivity (Wildman–Crippen MR) is 123 cm³/mol. The zero-order chi connectivity index (χ0) is 22.7. The zero-order valence-electron chi connectivity index (χ0n) is 18.0. The topological polar surface area (TPSA) is 70.2 Å². The molecule has 2 aromatic carbocycles. The molecule has 168 valence electrons. The van der Waals surface area contributed by atoms with Gasteiger partial charge in [0, 0.05) is 50.4 Å². The molecule has 0 radical (unpaired) electrons. The highest BCUT2D eigenvalue weighted by Gasteiger charge is 2.36. The average Bonchev–Trinajstić information content (AvgIpc) is 3.21. The van der Waals surface area contributed by atoms with Crippen LogP contribution < -0.4 is 9.80 Å². The molecule has 0 spiro atoms. The second kappa shape index (κ2) is 9.61. The van der Waals surface area contributed by atoms with E-state index in [1.54, 1.807) is 17.9 Å². The van der Waals surface area contributed by atoms with E-state index in [9.17, 15) is 14.4 Å². The van der Waals surface area contributed by atoms with Gasteiger partial charge in [0.2, 0.25) is 5.91 Å². The summed E-state index contributed by atoms with van der Waals surface area (Å²) in [5, 5.41) is 0.540. The molecule has 0 N–H and O–H groups in total. The summed E-state index contributed by atoms with van der Waals surface area (Å²) in [6, 6.07) is 14.8. The van der Waals surface area contributed by atoms with E-state index in [0.29, 0.717) is 55.6 Å². The summed E-state index contributed by atoms with van der Waals surface area (Å²) in [6.45, 7) is 4.91. The Hall–Kier alpha value is -3.06. The van der Waals surface area contributed by atoms with E-state index in [2.05, 4.69) is 4.90 Å². The molecular weight excluding hydrogens is 430 g/mol. The van der Waals surface area contributed by atoms with Gasteiger partial charge < -0.3 is 19.4 Å². The van der Waals surface area contributed by atoms with Gasteiger partial charge in [-0.1, -0.05) is 29.8 Å². The third kappa shape index (κ3) is 4.58. The fourth-order valence-electron chi connectivity index (χ4n) is 4.21. The minimum Gasteiger partial charge on any atom is -0.466 e. The molecule has 8 heteroatoms. The maximum absolute atomic E-state index is 12.7. The van der Waals surface area contributed by atoms with Crippen LogP contribution in [-0.2, 0) is 14.3 Å². The fourth-order valence-corrected chi connectivity index (χ4v) is 4.50. The quantitative estimate of drug-likeness (QED) is 0.647. The second-order valence-electron chi connectivity index (χ2n) is 7.94. The van der Waals surface area contributed by atoms with Crippen molar-refractivity contribution in [1.29, 1.82) is 0 Å². The van der Waals surface area contributed by atoms with Gasteiger partial charge in [0.15, 0.2) is 0 Å². The lowest BCUT2D eigenvalue weighted by molar-refractivity contribution is -0.147. The minimum atomic E-state index is -0.448. The van der Waals surface area contributed by atoms with E-state index in [1.165, 1.54) is 0 Å². The van der Waals surface area contributed by atoms with E-state index in [4.69, 9.17) is 16.3 Å². The van der Waals surface area contributed by atoms with Crippen molar-refractivity contribution < 1.29 is 19.1 Å². The Morgan fingerprint density at radius 2 is 1.78 bits per heavy atom. The van der Waals surface area contributed by atoms with Crippen LogP contribution in [0.5, 0.6) is 0 Å². The first-order chi connectivity index (χ1) is 15.5. The Bertz CT molecular complexity index is 1010. The molecule has 0 unspecified atom stereocenters. The molecule has 2 fully saturated rings. The van der Waals surface area contributed by atoms with Gasteiger partial charge >= 0.3 is 5.97 Å². The number of hydrogen-bond donors (Lipinski definition) is 0. The van der Waals surface area contributed by atoms with Crippen LogP contribution in [0.2, 0.25) is 5.02 Å². The zero-order valence-corrected chi connectivity index (χ0v) is 18.8. The van der Waals surface area contributed by atoms with Gasteiger partial charge in [0.25, 0.3) is 5.91 Å². The van der Waals surface area contributed by atoms with Crippen LogP contribution in [0, 0.1) is 5.92 Å². The highest BCUT2D eigenvalue weighted by molar-refractivity contribution is 6.33. The van der Waals surface area contributed by atoms with Crippen molar-refractivity contribution in [3.05, 3.63) is 59.1 Å². The van der Waals surface area contributed by atoms with Crippen LogP contribution >= 0.6 is 11.6 Å². The summed E-state index contributed by atoms with van der Waals surface area (Å²) in [7, 11) is 0. The van der Waals surface area contributed by atoms with E-state index >= 15 is 0 Å². The number of carbonyl (C=O) groups is 3. The van der Waals surface area contributed by atoms with Crippen LogP contribution in [0.15, 0.2) is 48.5 Å². The molecule has 7 nitrogen and oxygen atoms in total. The van der Waals surface area contributed by atoms with Crippen LogP contribution in [0.3, 0.4) is 0 Å². The fraction of sp³-hybridized carbons (Fsp3) is 0.375. The maximum atomic E-state index is 12.7. The SMILES string of the molecule is CCOC(=O)[C@H]1CC(=O)N(c2ccc(N3CCN(C(=O)c4ccccc4)CC3)c(Cl)c2)C1. The average molecular weight is 456 g/mol. The molecule has 32 heavy (non-hydrogen) atoms. The Kier molecular flexibility index (Phi) is 6.65. The van der Waals surface area contributed by atoms with Crippen LogP contribution in [-0.4, -0.2) is 62.0 Å². The molecule has 0 aromatic heterocycles. The molecule has 1 atom stereocenters. The number of carbonyl (C=O) groups excluding carboxylic acids is 3. The number of hydrogen-bond acceptors (Lipinski definition) is 5. The number of halogens is 1. The van der Waals surface area contributed by atoms with Crippen molar-refractivity contribution in [3.8, 4) is 0 Å². The summed E-state index contributed by atoms with van der Waals surface area (Å²) in [4.78, 5) is 42.7. The highest BCUT2D eigenvalue weighted by atomic mass is 35.5. The van der Waals surface area contributed by atoms with Gasteiger partial charge in [-0.25, -0.2) is 0 Å². The smallest absolute Gasteiger partial charge is 0.311 e. The summed E-state index contributed by atoms with van der Waals surface area (Å²) in [5.74, 6) is -0.861. The molecule has 0 saturated carbocycles. The van der Waals surface area contributed by atoms with Gasteiger partial charge in [-0.2, -0.15) is 0 Å². The lowest BCUT2D eigenvalue weighted by Gasteiger charge is -2.36. The number of ether oxygens (including phenoxy) is 1. The van der Waals surface area contributed by atoms with Crippen molar-refractivity contribution in [1.82, 2.24) is 4.90 Å². The van der Waals surface area contributed by atoms with E-state index in [-0.39, 0.29) is 24.2 Å². The van der Waals surface area contributed by atoms with E-state index < -0.39 is 5.92 Å². The predicted octanol–water partition coefficient (Wildman–Crippen LogP) is 3.22. The molecule has 4 rings (SSSR count). The van der Waals surface area contributed by atoms with Crippen molar-refractivity contribution in [2.45, 2.75) is 13.3 Å². The van der Waals surface area contributed by atoms with Crippen LogP contribution in [0.25, 0.3) is 0 Å². The largest absolute Gasteiger partial charge is 0.466 e. The number of piperazine rings is 1. The van der Waals surface area contributed by atoms with Gasteiger partial charge in [-0.3, -0.25) is 14.4 Å². The standard InChI is InChI=1S/C24H26ClN3O4/c1-2-32-24(31)18-14-22(29)28(16-18)19-8-9-21(20(25)15-19)26-10-12-27(13-11-26)23(30)17-6-4-3-5-7-17/h3-9,15,18H,2,10-14,16H2,1H3/t18-/m0/s1. The van der Waals surface area contributed by atoms with Crippen molar-refractivity contribution in [2.24, 2.45) is 5.92 Å². The summed E-state index contributed by atoms with van der Waals surface area (Å²) in [5.41, 5.74) is 2.24. The Morgan fingerprint density at radius 1 is 1.06 bits per heavy atom. The van der Waals surface area contributed by atoms with Crippen molar-refractivity contribution >= 4 is 40.8 Å². The molecule has 0 aliphatic carbocycles. The number of amides is 2. The molecule has 0 bridgehead atoms. The normalized spacial score (nSPS) is 18.8. The van der Waals surface area contributed by atoms with E-state index in [1.807, 2.05) is 47.4 Å². The van der Waals surface area contributed by atoms with Gasteiger partial charge in [0.05, 0.1) is 23.2 Å². The number of rotatable bonds is 5. The molecule has 2 aromatic rings. The number of esters is 1. The summed E-state index contributed by atoms with van der Waals surface area (Å²) >= 11 is 6.58. The summed E-state index contributed by atoms with van der Waals surface area (Å²) < 4.78 is 5.06. The second-order valence-corrected chi connectivity index (χ2v) is 8.35. The van der Waals surface area contributed by atoms with Gasteiger partial charge in [0.1, 0.15) is 0 Å².